The zero-order chi connectivity index (χ0) is 76.0. The van der Waals surface area contributed by atoms with Crippen LogP contribution in [0.25, 0.3) is 117 Å². The standard InChI is InChI=1S/C53H39N4.C48H37N4.2Pt/c1-52(2,3)36-30-31-54-51(34-36)57-47-25-12-9-22-43(47)44-29-28-38(33-50(44)57)53(45-23-10-7-20-41(45)42-21-8-11-24-46(42)53)37-16-15-19-40(32-37)56-35-55(39-17-5-4-6-18-39)48-26-13-14-27-49(48)56;1-47(2,3)32-26-27-49-46(30-32)52-42-21-10-7-18-38(42)39-25-24-34(29-45(39)52)48(40-19-8-5-16-36(40)37-17-6-9-20-41(37)48)33-14-13-15-35(28-33)51-31-50(4)43-22-11-12-23-44(43)51;;/h4-31,34-35H,1-3H3;5-27,30-31H,1-4H3;;/q2*-1;;/i;4D3;;. The maximum absolute atomic E-state index is 8.30. The Kier molecular flexibility index (Phi) is 16.5. The van der Waals surface area contributed by atoms with Gasteiger partial charge in [0.1, 0.15) is 17.3 Å². The van der Waals surface area contributed by atoms with Crippen molar-refractivity contribution in [2.75, 3.05) is 0 Å². The summed E-state index contributed by atoms with van der Waals surface area (Å²) in [5, 5.41) is 4.57. The van der Waals surface area contributed by atoms with Gasteiger partial charge in [0.15, 0.2) is 34.7 Å². The van der Waals surface area contributed by atoms with Gasteiger partial charge >= 0.3 is 0 Å². The SMILES string of the molecule is CC(C)(C)c1ccnc(-n2c3[c-]c(C4(c5[c-]c(-n6[cH+]n(-c7ccccc7)c7ccccc76)ccc5)c5ccccc5-c5ccccc54)ccc3c3ccccc32)c1.[2H]C([2H])([2H])n1[cH+]n(-c2[c-]c(C3(c4[c-]c5c(cc4)c4ccccc4n5-c4cc(C(C)(C)C)ccn4)c4ccccc4-c4ccccc43)ccc2)c2ccccc21.[Pt].[Pt]. The van der Waals surface area contributed by atoms with Gasteiger partial charge in [-0.1, -0.05) is 222 Å². The number of fused-ring (bicyclic) bond motifs is 14. The van der Waals surface area contributed by atoms with E-state index in [4.69, 9.17) is 14.1 Å². The van der Waals surface area contributed by atoms with Crippen molar-refractivity contribution in [3.8, 4) is 51.0 Å². The third kappa shape index (κ3) is 11.1. The smallest absolute Gasteiger partial charge is 0.188 e. The van der Waals surface area contributed by atoms with Crippen molar-refractivity contribution in [2.45, 2.75) is 63.2 Å². The van der Waals surface area contributed by atoms with Gasteiger partial charge in [-0.05, 0) is 138 Å². The molecule has 0 aliphatic heterocycles. The van der Waals surface area contributed by atoms with Crippen LogP contribution in [0.5, 0.6) is 0 Å². The first kappa shape index (κ1) is 67.2. The van der Waals surface area contributed by atoms with E-state index < -0.39 is 17.8 Å². The summed E-state index contributed by atoms with van der Waals surface area (Å²) >= 11 is 0. The monoisotopic (exact) mass is 1790 g/mol. The van der Waals surface area contributed by atoms with E-state index >= 15 is 0 Å². The van der Waals surface area contributed by atoms with Crippen LogP contribution in [-0.4, -0.2) is 37.4 Å². The number of aryl methyl sites for hydroxylation is 1. The van der Waals surface area contributed by atoms with Crippen molar-refractivity contribution in [2.24, 2.45) is 6.98 Å². The zero-order valence-electron chi connectivity index (χ0n) is 65.0. The number of aromatic nitrogens is 8. The quantitative estimate of drug-likeness (QED) is 0.135. The Morgan fingerprint density at radius 3 is 1.12 bits per heavy atom. The summed E-state index contributed by atoms with van der Waals surface area (Å²) in [6.45, 7) is 11.1. The fraction of sp³-hybridized carbons (Fsp3) is 0.109. The van der Waals surface area contributed by atoms with E-state index in [0.717, 1.165) is 128 Å². The maximum atomic E-state index is 8.30. The molecule has 10 heteroatoms. The number of rotatable bonds is 9. The summed E-state index contributed by atoms with van der Waals surface area (Å²) in [6, 6.07) is 126. The van der Waals surface area contributed by atoms with Crippen molar-refractivity contribution < 1.29 is 46.2 Å². The Bertz CT molecular complexity index is 6920. The molecule has 0 saturated carbocycles. The molecule has 21 rings (SSSR count). The largest absolute Gasteiger partial charge is 0.319 e. The molecule has 0 unspecified atom stereocenters. The van der Waals surface area contributed by atoms with E-state index in [1.165, 1.54) is 43.3 Å². The number of imidazole rings is 2. The fourth-order valence-corrected chi connectivity index (χ4v) is 17.7. The normalized spacial score (nSPS) is 13.7. The van der Waals surface area contributed by atoms with Crippen LogP contribution >= 0.6 is 0 Å². The fourth-order valence-electron chi connectivity index (χ4n) is 17.7. The minimum absolute atomic E-state index is 0. The second kappa shape index (κ2) is 27.3. The number of nitrogens with zero attached hydrogens (tertiary/aromatic N) is 8. The summed E-state index contributed by atoms with van der Waals surface area (Å²) < 4.78 is 37.3. The topological polar surface area (TPSA) is 55.4 Å². The van der Waals surface area contributed by atoms with E-state index in [9.17, 15) is 0 Å². The van der Waals surface area contributed by atoms with Crippen LogP contribution in [0, 0.1) is 24.3 Å². The molecule has 111 heavy (non-hydrogen) atoms. The molecule has 6 aromatic heterocycles. The zero-order valence-corrected chi connectivity index (χ0v) is 66.5. The molecule has 0 spiro atoms. The molecule has 0 atom stereocenters. The van der Waals surface area contributed by atoms with Gasteiger partial charge in [-0.25, -0.2) is 23.7 Å². The van der Waals surface area contributed by atoms with Crippen molar-refractivity contribution in [1.82, 2.24) is 37.4 Å². The summed E-state index contributed by atoms with van der Waals surface area (Å²) in [7, 11) is 0. The van der Waals surface area contributed by atoms with Crippen LogP contribution in [0.2, 0.25) is 0 Å². The first-order valence-electron chi connectivity index (χ1n) is 38.9. The summed E-state index contributed by atoms with van der Waals surface area (Å²) in [4.78, 5) is 9.95. The molecule has 2 aliphatic rings. The molecule has 13 aromatic carbocycles. The van der Waals surface area contributed by atoms with Crippen molar-refractivity contribution in [1.29, 1.82) is 0 Å². The van der Waals surface area contributed by atoms with Gasteiger partial charge < -0.3 is 9.13 Å². The number of pyridine rings is 2. The van der Waals surface area contributed by atoms with Gasteiger partial charge in [-0.3, -0.25) is 0 Å². The van der Waals surface area contributed by atoms with Crippen molar-refractivity contribution in [3.63, 3.8) is 0 Å². The number of hydrogen-bond donors (Lipinski definition) is 0. The summed E-state index contributed by atoms with van der Waals surface area (Å²) in [6.07, 6.45) is 7.71. The molecule has 542 valence electrons. The van der Waals surface area contributed by atoms with Crippen LogP contribution in [0.1, 0.15) is 101 Å². The summed E-state index contributed by atoms with van der Waals surface area (Å²) in [5.41, 5.74) is 25.0. The Hall–Kier alpha value is -11.9. The third-order valence-electron chi connectivity index (χ3n) is 22.7. The second-order valence-corrected chi connectivity index (χ2v) is 30.9. The molecule has 0 amide bonds. The van der Waals surface area contributed by atoms with E-state index in [2.05, 4.69) is 369 Å². The molecule has 0 N–H and O–H groups in total. The molecule has 6 heterocycles. The van der Waals surface area contributed by atoms with Gasteiger partial charge in [0.2, 0.25) is 0 Å². The molecule has 19 aromatic rings. The third-order valence-corrected chi connectivity index (χ3v) is 22.7. The molecule has 0 bridgehead atoms. The van der Waals surface area contributed by atoms with Crippen LogP contribution in [0.4, 0.5) is 0 Å². The Morgan fingerprint density at radius 2 is 0.685 bits per heavy atom. The van der Waals surface area contributed by atoms with E-state index in [1.807, 2.05) is 47.3 Å². The predicted octanol–water partition coefficient (Wildman–Crippen LogP) is 23.5. The van der Waals surface area contributed by atoms with Crippen LogP contribution in [-0.2, 0) is 70.8 Å². The van der Waals surface area contributed by atoms with Crippen molar-refractivity contribution in [3.05, 3.63) is 414 Å². The molecule has 0 fully saturated rings. The predicted molar refractivity (Wildman–Crippen MR) is 445 cm³/mol. The summed E-state index contributed by atoms with van der Waals surface area (Å²) in [5.74, 6) is 1.74. The molecule has 0 saturated heterocycles. The van der Waals surface area contributed by atoms with Crippen LogP contribution in [0.15, 0.2) is 334 Å². The van der Waals surface area contributed by atoms with Crippen molar-refractivity contribution >= 4 is 65.7 Å². The molecule has 2 aliphatic carbocycles. The molecule has 0 radical (unpaired) electrons. The number of para-hydroxylation sites is 7. The first-order valence-corrected chi connectivity index (χ1v) is 37.4. The van der Waals surface area contributed by atoms with Gasteiger partial charge in [0.05, 0.1) is 0 Å². The average molecular weight is 1790 g/mol. The van der Waals surface area contributed by atoms with Gasteiger partial charge in [0.25, 0.3) is 0 Å². The minimum atomic E-state index is -2.35. The van der Waals surface area contributed by atoms with Gasteiger partial charge in [0, 0.05) is 123 Å². The average Bonchev–Trinajstić information content (AvgIpc) is 1.53. The Labute approximate surface area is 679 Å². The maximum Gasteiger partial charge on any atom is 0.188 e. The molecule has 8 nitrogen and oxygen atoms in total. The van der Waals surface area contributed by atoms with E-state index in [1.54, 1.807) is 6.33 Å². The number of benzene rings is 13. The van der Waals surface area contributed by atoms with Gasteiger partial charge in [-0.15, -0.1) is 51.2 Å². The Balaban J connectivity index is 0.000000156. The molecular weight excluding hydrogens is 1720 g/mol. The second-order valence-electron chi connectivity index (χ2n) is 30.9. The molecular formula is C101H76N8Pt2-2. The van der Waals surface area contributed by atoms with Crippen LogP contribution in [0.3, 0.4) is 0 Å². The van der Waals surface area contributed by atoms with E-state index in [-0.39, 0.29) is 53.0 Å². The van der Waals surface area contributed by atoms with Crippen LogP contribution < -0.4 is 0 Å². The van der Waals surface area contributed by atoms with Gasteiger partial charge in [-0.2, -0.15) is 65.2 Å². The minimum Gasteiger partial charge on any atom is -0.319 e. The van der Waals surface area contributed by atoms with E-state index in [0.29, 0.717) is 5.52 Å². The number of hydrogen-bond acceptors (Lipinski definition) is 2. The Morgan fingerprint density at radius 1 is 0.324 bits per heavy atom. The first-order chi connectivity index (χ1) is 54.5.